The van der Waals surface area contributed by atoms with Gasteiger partial charge in [0.2, 0.25) is 0 Å². The lowest BCUT2D eigenvalue weighted by molar-refractivity contribution is 0.0553. The molecule has 3 fully saturated rings. The molecule has 0 N–H and O–H groups in total. The number of methoxy groups -OCH3 is 1. The van der Waals surface area contributed by atoms with Gasteiger partial charge in [0.25, 0.3) is 0 Å². The van der Waals surface area contributed by atoms with Crippen LogP contribution >= 0.6 is 11.8 Å². The molecular formula is C21H24N2OS. The Morgan fingerprint density at radius 2 is 1.84 bits per heavy atom. The fourth-order valence-electron chi connectivity index (χ4n) is 4.66. The number of nitrogens with zero attached hydrogens (tertiary/aromatic N) is 2. The van der Waals surface area contributed by atoms with Crippen LogP contribution in [0.2, 0.25) is 0 Å². The maximum atomic E-state index is 5.51. The van der Waals surface area contributed by atoms with Crippen LogP contribution < -0.4 is 9.64 Å². The molecule has 4 aliphatic heterocycles. The molecule has 0 amide bonds. The Balaban J connectivity index is 1.53. The minimum Gasteiger partial charge on any atom is -0.497 e. The zero-order chi connectivity index (χ0) is 16.8. The summed E-state index contributed by atoms with van der Waals surface area (Å²) in [7, 11) is 1.75. The summed E-state index contributed by atoms with van der Waals surface area (Å²) in [4.78, 5) is 7.90. The van der Waals surface area contributed by atoms with Crippen LogP contribution in [0.5, 0.6) is 5.75 Å². The van der Waals surface area contributed by atoms with Crippen molar-refractivity contribution in [1.82, 2.24) is 4.90 Å². The highest BCUT2D eigenvalue weighted by atomic mass is 32.2. The van der Waals surface area contributed by atoms with Crippen molar-refractivity contribution in [3.05, 3.63) is 42.5 Å². The van der Waals surface area contributed by atoms with E-state index in [-0.39, 0.29) is 0 Å². The van der Waals surface area contributed by atoms with Gasteiger partial charge in [-0.3, -0.25) is 0 Å². The fraction of sp³-hybridized carbons (Fsp3) is 0.429. The molecule has 0 aromatic heterocycles. The highest BCUT2D eigenvalue weighted by molar-refractivity contribution is 7.99. The minimum absolute atomic E-state index is 0.762. The molecule has 4 heteroatoms. The first-order valence-electron chi connectivity index (χ1n) is 9.26. The van der Waals surface area contributed by atoms with Gasteiger partial charge < -0.3 is 14.5 Å². The van der Waals surface area contributed by atoms with E-state index in [1.807, 2.05) is 11.8 Å². The molecule has 4 aliphatic rings. The first kappa shape index (κ1) is 15.6. The van der Waals surface area contributed by atoms with Crippen LogP contribution in [-0.2, 0) is 0 Å². The van der Waals surface area contributed by atoms with Crippen LogP contribution in [0.3, 0.4) is 0 Å². The van der Waals surface area contributed by atoms with Gasteiger partial charge in [0, 0.05) is 28.9 Å². The minimum atomic E-state index is 0.762. The van der Waals surface area contributed by atoms with Crippen molar-refractivity contribution in [2.24, 2.45) is 11.8 Å². The Morgan fingerprint density at radius 3 is 2.60 bits per heavy atom. The van der Waals surface area contributed by atoms with E-state index in [2.05, 4.69) is 52.3 Å². The molecule has 0 saturated carbocycles. The van der Waals surface area contributed by atoms with Crippen molar-refractivity contribution >= 4 is 23.1 Å². The number of rotatable bonds is 3. The third kappa shape index (κ3) is 2.72. The summed E-state index contributed by atoms with van der Waals surface area (Å²) in [6, 6.07) is 15.3. The highest BCUT2D eigenvalue weighted by Crippen LogP contribution is 2.50. The van der Waals surface area contributed by atoms with E-state index < -0.39 is 0 Å². The van der Waals surface area contributed by atoms with Crippen molar-refractivity contribution < 1.29 is 4.74 Å². The molecule has 25 heavy (non-hydrogen) atoms. The first-order valence-corrected chi connectivity index (χ1v) is 10.1. The van der Waals surface area contributed by atoms with E-state index in [1.54, 1.807) is 7.11 Å². The number of benzene rings is 2. The lowest BCUT2D eigenvalue weighted by atomic mass is 9.78. The highest BCUT2D eigenvalue weighted by Gasteiger charge is 2.36. The fourth-order valence-corrected chi connectivity index (χ4v) is 5.74. The molecule has 1 atom stereocenters. The van der Waals surface area contributed by atoms with Gasteiger partial charge in [-0.2, -0.15) is 0 Å². The van der Waals surface area contributed by atoms with E-state index in [0.29, 0.717) is 0 Å². The van der Waals surface area contributed by atoms with Gasteiger partial charge in [0.1, 0.15) is 5.75 Å². The molecule has 2 aromatic rings. The molecular weight excluding hydrogens is 328 g/mol. The normalized spacial score (nSPS) is 26.9. The second-order valence-electron chi connectivity index (χ2n) is 7.41. The molecule has 2 aromatic carbocycles. The summed E-state index contributed by atoms with van der Waals surface area (Å²) in [5.74, 6) is 2.59. The molecule has 0 aliphatic carbocycles. The van der Waals surface area contributed by atoms with E-state index >= 15 is 0 Å². The standard InChI is InChI=1S/C21H24N2OS/c1-24-17-6-7-21-19(12-17)23(18-4-2-3-5-20(18)25-21)14-16-13-22-10-8-15(16)9-11-22/h2-7,12,15-16H,8-11,13-14H2,1H3. The Morgan fingerprint density at radius 1 is 1.04 bits per heavy atom. The number of anilines is 2. The molecule has 3 nitrogen and oxygen atoms in total. The molecule has 0 spiro atoms. The van der Waals surface area contributed by atoms with Crippen LogP contribution in [-0.4, -0.2) is 38.2 Å². The summed E-state index contributed by atoms with van der Waals surface area (Å²) >= 11 is 1.88. The van der Waals surface area contributed by atoms with Gasteiger partial charge in [-0.1, -0.05) is 23.9 Å². The van der Waals surface area contributed by atoms with Crippen molar-refractivity contribution in [2.75, 3.05) is 38.2 Å². The van der Waals surface area contributed by atoms with Gasteiger partial charge >= 0.3 is 0 Å². The summed E-state index contributed by atoms with van der Waals surface area (Å²) < 4.78 is 5.51. The largest absolute Gasteiger partial charge is 0.497 e. The topological polar surface area (TPSA) is 15.7 Å². The second kappa shape index (κ2) is 6.26. The Kier molecular flexibility index (Phi) is 3.90. The maximum absolute atomic E-state index is 5.51. The summed E-state index contributed by atoms with van der Waals surface area (Å²) in [5.41, 5.74) is 2.66. The summed E-state index contributed by atoms with van der Waals surface area (Å²) in [6.45, 7) is 4.98. The quantitative estimate of drug-likeness (QED) is 0.799. The SMILES string of the molecule is COc1ccc2c(c1)N(CC1CN3CCC1CC3)c1ccccc1S2. The average Bonchev–Trinajstić information content (AvgIpc) is 2.68. The van der Waals surface area contributed by atoms with Gasteiger partial charge in [0.15, 0.2) is 0 Å². The lowest BCUT2D eigenvalue weighted by Crippen LogP contribution is -2.50. The number of hydrogen-bond donors (Lipinski definition) is 0. The number of piperidine rings is 3. The van der Waals surface area contributed by atoms with E-state index in [0.717, 1.165) is 24.1 Å². The van der Waals surface area contributed by atoms with Crippen LogP contribution in [0.1, 0.15) is 12.8 Å². The van der Waals surface area contributed by atoms with Crippen LogP contribution in [0.4, 0.5) is 11.4 Å². The first-order chi connectivity index (χ1) is 12.3. The predicted octanol–water partition coefficient (Wildman–Crippen LogP) is 4.64. The molecule has 6 rings (SSSR count). The Bertz CT molecular complexity index is 785. The van der Waals surface area contributed by atoms with Crippen molar-refractivity contribution in [1.29, 1.82) is 0 Å². The molecule has 2 bridgehead atoms. The molecule has 130 valence electrons. The smallest absolute Gasteiger partial charge is 0.121 e. The van der Waals surface area contributed by atoms with Crippen LogP contribution in [0.25, 0.3) is 0 Å². The van der Waals surface area contributed by atoms with Gasteiger partial charge in [-0.05, 0) is 62.0 Å². The van der Waals surface area contributed by atoms with E-state index in [1.165, 1.54) is 53.6 Å². The van der Waals surface area contributed by atoms with E-state index in [4.69, 9.17) is 4.74 Å². The number of ether oxygens (including phenoxy) is 1. The van der Waals surface area contributed by atoms with Gasteiger partial charge in [0.05, 0.1) is 18.5 Å². The Hall–Kier alpha value is -1.65. The lowest BCUT2D eigenvalue weighted by Gasteiger charge is -2.47. The third-order valence-corrected chi connectivity index (χ3v) is 7.17. The van der Waals surface area contributed by atoms with Gasteiger partial charge in [-0.25, -0.2) is 0 Å². The molecule has 4 heterocycles. The van der Waals surface area contributed by atoms with Crippen molar-refractivity contribution in [2.45, 2.75) is 22.6 Å². The number of fused-ring (bicyclic) bond motifs is 5. The average molecular weight is 353 g/mol. The van der Waals surface area contributed by atoms with Crippen molar-refractivity contribution in [3.8, 4) is 5.75 Å². The number of hydrogen-bond acceptors (Lipinski definition) is 4. The van der Waals surface area contributed by atoms with Crippen molar-refractivity contribution in [3.63, 3.8) is 0 Å². The van der Waals surface area contributed by atoms with Crippen LogP contribution in [0, 0.1) is 11.8 Å². The maximum Gasteiger partial charge on any atom is 0.121 e. The Labute approximate surface area is 154 Å². The summed E-state index contributed by atoms with van der Waals surface area (Å²) in [6.07, 6.45) is 2.75. The third-order valence-electron chi connectivity index (χ3n) is 6.04. The predicted molar refractivity (Wildman–Crippen MR) is 103 cm³/mol. The molecule has 3 saturated heterocycles. The van der Waals surface area contributed by atoms with Gasteiger partial charge in [-0.15, -0.1) is 0 Å². The number of para-hydroxylation sites is 1. The second-order valence-corrected chi connectivity index (χ2v) is 8.50. The zero-order valence-electron chi connectivity index (χ0n) is 14.6. The van der Waals surface area contributed by atoms with Crippen LogP contribution in [0.15, 0.2) is 52.3 Å². The molecule has 0 radical (unpaired) electrons. The summed E-state index contributed by atoms with van der Waals surface area (Å²) in [5, 5.41) is 0. The monoisotopic (exact) mass is 352 g/mol. The zero-order valence-corrected chi connectivity index (χ0v) is 15.5. The van der Waals surface area contributed by atoms with E-state index in [9.17, 15) is 0 Å². The molecule has 1 unspecified atom stereocenters.